The molecule has 0 saturated carbocycles. The van der Waals surface area contributed by atoms with E-state index in [2.05, 4.69) is 109 Å². The van der Waals surface area contributed by atoms with Gasteiger partial charge in [0.25, 0.3) is 0 Å². The topological polar surface area (TPSA) is 27.7 Å². The molecule has 0 unspecified atom stereocenters. The fourth-order valence-electron chi connectivity index (χ4n) is 5.10. The van der Waals surface area contributed by atoms with Crippen molar-refractivity contribution in [3.8, 4) is 0 Å². The molecule has 0 N–H and O–H groups in total. The van der Waals surface area contributed by atoms with E-state index in [0.29, 0.717) is 43.2 Å². The van der Waals surface area contributed by atoms with Gasteiger partial charge in [0.2, 0.25) is 0 Å². The smallest absolute Gasteiger partial charge is 0.200 e. The zero-order chi connectivity index (χ0) is 23.8. The average molecular weight is 473 g/mol. The van der Waals surface area contributed by atoms with E-state index >= 15 is 0 Å². The van der Waals surface area contributed by atoms with Gasteiger partial charge in [-0.05, 0) is 28.4 Å². The predicted octanol–water partition coefficient (Wildman–Crippen LogP) is 6.59. The molecule has 0 radical (unpaired) electrons. The minimum Gasteiger partial charge on any atom is -0.415 e. The van der Waals surface area contributed by atoms with E-state index < -0.39 is 16.4 Å². The van der Waals surface area contributed by atoms with E-state index in [1.54, 1.807) is 0 Å². The quantitative estimate of drug-likeness (QED) is 0.218. The Morgan fingerprint density at radius 1 is 0.969 bits per heavy atom. The normalized spacial score (nSPS) is 17.2. The molecular weight excluding hydrogens is 428 g/mol. The molecule has 1 fully saturated rings. The summed E-state index contributed by atoms with van der Waals surface area (Å²) in [5.74, 6) is 0. The van der Waals surface area contributed by atoms with Gasteiger partial charge in [-0.15, -0.1) is 5.73 Å². The molecule has 1 heterocycles. The minimum atomic E-state index is -1.95. The third kappa shape index (κ3) is 6.66. The van der Waals surface area contributed by atoms with Crippen molar-refractivity contribution >= 4 is 21.6 Å². The molecule has 5 heteroatoms. The van der Waals surface area contributed by atoms with Crippen LogP contribution in [0.25, 0.3) is 0 Å². The van der Waals surface area contributed by atoms with Crippen LogP contribution in [0.2, 0.25) is 29.7 Å². The van der Waals surface area contributed by atoms with Crippen LogP contribution in [-0.4, -0.2) is 43.0 Å². The van der Waals surface area contributed by atoms with Gasteiger partial charge in [0, 0.05) is 6.61 Å². The Labute approximate surface area is 198 Å². The predicted molar refractivity (Wildman–Crippen MR) is 142 cm³/mol. The zero-order valence-corrected chi connectivity index (χ0v) is 23.5. The van der Waals surface area contributed by atoms with Crippen LogP contribution in [0, 0.1) is 5.41 Å². The first-order valence-corrected chi connectivity index (χ1v) is 17.2. The molecule has 0 aromatic heterocycles. The van der Waals surface area contributed by atoms with Crippen molar-refractivity contribution in [3.63, 3.8) is 0 Å². The van der Waals surface area contributed by atoms with Crippen LogP contribution in [0.3, 0.4) is 0 Å². The lowest BCUT2D eigenvalue weighted by atomic mass is 9.90. The zero-order valence-electron chi connectivity index (χ0n) is 21.5. The second kappa shape index (κ2) is 11.8. The summed E-state index contributed by atoms with van der Waals surface area (Å²) in [6, 6.07) is 10.7. The summed E-state index contributed by atoms with van der Waals surface area (Å²) < 4.78 is 18.4. The third-order valence-corrected chi connectivity index (χ3v) is 15.6. The van der Waals surface area contributed by atoms with Crippen molar-refractivity contribution in [1.29, 1.82) is 0 Å². The molecule has 32 heavy (non-hydrogen) atoms. The number of allylic oxidation sites excluding steroid dienone is 2. The Bertz CT molecular complexity index is 763. The maximum absolute atomic E-state index is 6.92. The highest BCUT2D eigenvalue weighted by molar-refractivity contribution is 6.93. The lowest BCUT2D eigenvalue weighted by Crippen LogP contribution is -2.51. The largest absolute Gasteiger partial charge is 0.415 e. The van der Waals surface area contributed by atoms with Crippen LogP contribution in [-0.2, 0) is 13.9 Å². The first kappa shape index (κ1) is 27.0. The van der Waals surface area contributed by atoms with E-state index in [4.69, 9.17) is 13.9 Å². The molecule has 0 aliphatic carbocycles. The lowest BCUT2D eigenvalue weighted by Gasteiger charge is -2.45. The Morgan fingerprint density at radius 2 is 1.53 bits per heavy atom. The molecule has 0 spiro atoms. The van der Waals surface area contributed by atoms with Crippen LogP contribution in [0.1, 0.15) is 41.5 Å². The Hall–Kier alpha value is -1.21. The first-order chi connectivity index (χ1) is 15.1. The SMILES string of the molecule is CC(C)[Si](OCC1(/C=C/C=C=C[Si](C)(C)c2ccccc2)COCOC1)(C(C)C)C(C)C. The molecule has 1 aliphatic heterocycles. The van der Waals surface area contributed by atoms with Crippen LogP contribution in [0.4, 0.5) is 0 Å². The molecule has 2 rings (SSSR count). The number of hydrogen-bond donors (Lipinski definition) is 0. The van der Waals surface area contributed by atoms with Gasteiger partial charge in [0.05, 0.1) is 18.6 Å². The van der Waals surface area contributed by atoms with Gasteiger partial charge < -0.3 is 13.9 Å². The molecule has 0 bridgehead atoms. The van der Waals surface area contributed by atoms with Gasteiger partial charge in [-0.25, -0.2) is 0 Å². The lowest BCUT2D eigenvalue weighted by molar-refractivity contribution is -0.158. The number of ether oxygens (including phenoxy) is 2. The van der Waals surface area contributed by atoms with Crippen molar-refractivity contribution in [2.45, 2.75) is 71.3 Å². The van der Waals surface area contributed by atoms with Crippen LogP contribution in [0.15, 0.2) is 60.0 Å². The van der Waals surface area contributed by atoms with Crippen molar-refractivity contribution in [3.05, 3.63) is 60.0 Å². The van der Waals surface area contributed by atoms with E-state index in [1.165, 1.54) is 5.19 Å². The molecule has 1 aliphatic rings. The number of rotatable bonds is 10. The molecule has 178 valence electrons. The summed E-state index contributed by atoms with van der Waals surface area (Å²) in [5, 5.41) is 1.42. The minimum absolute atomic E-state index is 0.250. The van der Waals surface area contributed by atoms with E-state index in [-0.39, 0.29) is 5.41 Å². The Morgan fingerprint density at radius 3 is 2.06 bits per heavy atom. The summed E-state index contributed by atoms with van der Waals surface area (Å²) in [5.41, 5.74) is 7.10. The highest BCUT2D eigenvalue weighted by Crippen LogP contribution is 2.43. The van der Waals surface area contributed by atoms with E-state index in [1.807, 2.05) is 6.08 Å². The highest BCUT2D eigenvalue weighted by atomic mass is 28.4. The molecule has 1 aromatic carbocycles. The maximum Gasteiger partial charge on any atom is 0.200 e. The molecule has 1 aromatic rings. The van der Waals surface area contributed by atoms with Crippen molar-refractivity contribution in [2.75, 3.05) is 26.6 Å². The van der Waals surface area contributed by atoms with Gasteiger partial charge >= 0.3 is 0 Å². The van der Waals surface area contributed by atoms with Gasteiger partial charge in [-0.2, -0.15) is 0 Å². The van der Waals surface area contributed by atoms with Crippen LogP contribution in [0.5, 0.6) is 0 Å². The summed E-state index contributed by atoms with van der Waals surface area (Å²) >= 11 is 0. The van der Waals surface area contributed by atoms with E-state index in [9.17, 15) is 0 Å². The van der Waals surface area contributed by atoms with E-state index in [0.717, 1.165) is 0 Å². The van der Waals surface area contributed by atoms with Crippen molar-refractivity contribution in [1.82, 2.24) is 0 Å². The summed E-state index contributed by atoms with van der Waals surface area (Å²) in [6.07, 6.45) is 6.33. The maximum atomic E-state index is 6.92. The average Bonchev–Trinajstić information content (AvgIpc) is 2.74. The van der Waals surface area contributed by atoms with Gasteiger partial charge in [0.15, 0.2) is 8.32 Å². The van der Waals surface area contributed by atoms with Gasteiger partial charge in [-0.3, -0.25) is 0 Å². The standard InChI is InChI=1S/C27H44O3Si2/c1-23(2)32(24(3)4,25(5)6)30-21-27(19-28-22-29-20-27)17-13-10-14-18-31(7,8)26-15-11-9-12-16-26/h9-13,15-18,23-25H,19-22H2,1-8H3/b17-13+. The van der Waals surface area contributed by atoms with Gasteiger partial charge in [0.1, 0.15) is 14.9 Å². The van der Waals surface area contributed by atoms with Crippen molar-refractivity contribution < 1.29 is 13.9 Å². The van der Waals surface area contributed by atoms with Crippen LogP contribution < -0.4 is 5.19 Å². The molecular formula is C27H44O3Si2. The fourth-order valence-corrected chi connectivity index (χ4v) is 12.4. The first-order valence-electron chi connectivity index (χ1n) is 12.0. The summed E-state index contributed by atoms with van der Waals surface area (Å²) in [4.78, 5) is 0. The molecule has 0 atom stereocenters. The van der Waals surface area contributed by atoms with Crippen molar-refractivity contribution in [2.24, 2.45) is 5.41 Å². The van der Waals surface area contributed by atoms with Crippen LogP contribution >= 0.6 is 0 Å². The fraction of sp³-hybridized carbons (Fsp3) is 0.593. The molecule has 3 nitrogen and oxygen atoms in total. The second-order valence-corrected chi connectivity index (χ2v) is 20.5. The Balaban J connectivity index is 2.18. The van der Waals surface area contributed by atoms with Gasteiger partial charge in [-0.1, -0.05) is 102 Å². The molecule has 1 saturated heterocycles. The number of hydrogen-bond acceptors (Lipinski definition) is 3. The third-order valence-electron chi connectivity index (χ3n) is 6.87. The highest BCUT2D eigenvalue weighted by Gasteiger charge is 2.47. The Kier molecular flexibility index (Phi) is 9.95. The molecule has 0 amide bonds. The summed E-state index contributed by atoms with van der Waals surface area (Å²) in [6.45, 7) is 20.9. The summed E-state index contributed by atoms with van der Waals surface area (Å²) in [7, 11) is -3.58. The second-order valence-electron chi connectivity index (χ2n) is 10.7. The number of benzene rings is 1. The monoisotopic (exact) mass is 472 g/mol.